The fourth-order valence-electron chi connectivity index (χ4n) is 3.77. The summed E-state index contributed by atoms with van der Waals surface area (Å²) in [5.74, 6) is -0.235. The summed E-state index contributed by atoms with van der Waals surface area (Å²) in [5, 5.41) is 3.83. The summed E-state index contributed by atoms with van der Waals surface area (Å²) in [6.07, 6.45) is 6.08. The molecule has 132 valence electrons. The van der Waals surface area contributed by atoms with E-state index in [0.717, 1.165) is 36.0 Å². The number of rotatable bonds is 5. The lowest BCUT2D eigenvalue weighted by Gasteiger charge is -2.33. The van der Waals surface area contributed by atoms with Crippen LogP contribution >= 0.6 is 0 Å². The van der Waals surface area contributed by atoms with Crippen molar-refractivity contribution in [1.82, 2.24) is 20.2 Å². The van der Waals surface area contributed by atoms with E-state index in [1.807, 2.05) is 13.0 Å². The maximum atomic E-state index is 12.9. The van der Waals surface area contributed by atoms with Crippen molar-refractivity contribution in [3.8, 4) is 0 Å². The summed E-state index contributed by atoms with van der Waals surface area (Å²) >= 11 is 0. The van der Waals surface area contributed by atoms with Gasteiger partial charge in [-0.1, -0.05) is 6.92 Å². The summed E-state index contributed by atoms with van der Waals surface area (Å²) in [7, 11) is 0. The van der Waals surface area contributed by atoms with Crippen LogP contribution in [0.4, 0.5) is 0 Å². The number of amides is 2. The molecular weight excluding hydrogens is 320 g/mol. The van der Waals surface area contributed by atoms with E-state index < -0.39 is 6.04 Å². The number of ether oxygens (including phenoxy) is 1. The van der Waals surface area contributed by atoms with Crippen molar-refractivity contribution in [2.24, 2.45) is 0 Å². The fourth-order valence-corrected chi connectivity index (χ4v) is 3.77. The van der Waals surface area contributed by atoms with Crippen LogP contribution in [0.2, 0.25) is 0 Å². The van der Waals surface area contributed by atoms with Gasteiger partial charge in [0, 0.05) is 37.5 Å². The molecule has 1 saturated heterocycles. The number of hydrogen-bond acceptors (Lipinski definition) is 4. The fraction of sp³-hybridized carbons (Fsp3) is 0.500. The zero-order valence-corrected chi connectivity index (χ0v) is 14.2. The Balaban J connectivity index is 1.53. The quantitative estimate of drug-likeness (QED) is 0.864. The van der Waals surface area contributed by atoms with Gasteiger partial charge in [0.25, 0.3) is 5.91 Å². The molecule has 2 amide bonds. The third-order valence-electron chi connectivity index (χ3n) is 5.09. The molecule has 1 fully saturated rings. The van der Waals surface area contributed by atoms with Gasteiger partial charge in [-0.05, 0) is 30.9 Å². The first kappa shape index (κ1) is 16.1. The molecule has 7 nitrogen and oxygen atoms in total. The minimum Gasteiger partial charge on any atom is -0.376 e. The van der Waals surface area contributed by atoms with Crippen molar-refractivity contribution in [3.63, 3.8) is 0 Å². The molecule has 0 aliphatic carbocycles. The van der Waals surface area contributed by atoms with E-state index in [1.54, 1.807) is 17.3 Å². The molecular formula is C18H22N4O3. The van der Waals surface area contributed by atoms with Crippen LogP contribution in [0.15, 0.2) is 18.5 Å². The molecule has 0 bridgehead atoms. The molecule has 2 aliphatic rings. The Labute approximate surface area is 145 Å². The molecule has 2 aromatic heterocycles. The molecule has 0 aromatic carbocycles. The molecule has 0 radical (unpaired) electrons. The average molecular weight is 342 g/mol. The zero-order valence-electron chi connectivity index (χ0n) is 14.2. The van der Waals surface area contributed by atoms with E-state index in [0.29, 0.717) is 25.1 Å². The van der Waals surface area contributed by atoms with Gasteiger partial charge in [-0.15, -0.1) is 0 Å². The third-order valence-corrected chi connectivity index (χ3v) is 5.09. The van der Waals surface area contributed by atoms with Crippen molar-refractivity contribution >= 4 is 22.8 Å². The summed E-state index contributed by atoms with van der Waals surface area (Å²) in [5.41, 5.74) is 2.33. The number of aromatic amines is 1. The van der Waals surface area contributed by atoms with Crippen LogP contribution in [0.5, 0.6) is 0 Å². The van der Waals surface area contributed by atoms with Crippen LogP contribution in [-0.2, 0) is 16.1 Å². The standard InChI is InChI=1S/C18H22N4O3/c1-2-14(17(23)21-8-12-4-3-7-25-12)22-10-11-5-6-19-16-15(11)13(9-20-16)18(22)24/h5-6,9,12,14H,2-4,7-8,10H2,1H3,(H,19,20)(H,21,23)/t12?,14-/m1/s1. The number of nitrogens with zero attached hydrogens (tertiary/aromatic N) is 2. The smallest absolute Gasteiger partial charge is 0.257 e. The first-order valence-electron chi connectivity index (χ1n) is 8.84. The number of hydrogen-bond donors (Lipinski definition) is 2. The molecule has 1 unspecified atom stereocenters. The first-order chi connectivity index (χ1) is 12.2. The van der Waals surface area contributed by atoms with Crippen LogP contribution < -0.4 is 5.32 Å². The largest absolute Gasteiger partial charge is 0.376 e. The first-order valence-corrected chi connectivity index (χ1v) is 8.84. The highest BCUT2D eigenvalue weighted by molar-refractivity contribution is 6.10. The second-order valence-electron chi connectivity index (χ2n) is 6.63. The van der Waals surface area contributed by atoms with Crippen molar-refractivity contribution in [2.75, 3.05) is 13.2 Å². The van der Waals surface area contributed by atoms with Crippen molar-refractivity contribution < 1.29 is 14.3 Å². The van der Waals surface area contributed by atoms with Crippen LogP contribution in [0.25, 0.3) is 11.0 Å². The van der Waals surface area contributed by atoms with Gasteiger partial charge in [0.2, 0.25) is 5.91 Å². The average Bonchev–Trinajstić information content (AvgIpc) is 3.28. The summed E-state index contributed by atoms with van der Waals surface area (Å²) < 4.78 is 5.55. The topological polar surface area (TPSA) is 87.3 Å². The van der Waals surface area contributed by atoms with Gasteiger partial charge in [-0.2, -0.15) is 0 Å². The maximum Gasteiger partial charge on any atom is 0.257 e. The zero-order chi connectivity index (χ0) is 17.4. The Hall–Kier alpha value is -2.41. The van der Waals surface area contributed by atoms with Crippen molar-refractivity contribution in [2.45, 2.75) is 44.9 Å². The molecule has 2 aliphatic heterocycles. The van der Waals surface area contributed by atoms with Gasteiger partial charge in [0.05, 0.1) is 11.7 Å². The molecule has 2 N–H and O–H groups in total. The Kier molecular flexibility index (Phi) is 4.17. The van der Waals surface area contributed by atoms with Crippen LogP contribution in [-0.4, -0.2) is 52.0 Å². The highest BCUT2D eigenvalue weighted by Crippen LogP contribution is 2.30. The second-order valence-corrected chi connectivity index (χ2v) is 6.63. The van der Waals surface area contributed by atoms with E-state index >= 15 is 0 Å². The highest BCUT2D eigenvalue weighted by Gasteiger charge is 2.35. The number of carbonyl (C=O) groups excluding carboxylic acids is 2. The lowest BCUT2D eigenvalue weighted by molar-refractivity contribution is -0.126. The predicted octanol–water partition coefficient (Wildman–Crippen LogP) is 1.59. The number of aromatic nitrogens is 2. The van der Waals surface area contributed by atoms with Gasteiger partial charge in [0.15, 0.2) is 0 Å². The molecule has 4 heterocycles. The maximum absolute atomic E-state index is 12.9. The number of nitrogens with one attached hydrogen (secondary N) is 2. The number of pyridine rings is 1. The Morgan fingerprint density at radius 1 is 1.56 bits per heavy atom. The van der Waals surface area contributed by atoms with Crippen LogP contribution in [0.1, 0.15) is 42.1 Å². The van der Waals surface area contributed by atoms with E-state index in [2.05, 4.69) is 15.3 Å². The Morgan fingerprint density at radius 2 is 2.44 bits per heavy atom. The Morgan fingerprint density at radius 3 is 3.20 bits per heavy atom. The van der Waals surface area contributed by atoms with Crippen LogP contribution in [0.3, 0.4) is 0 Å². The molecule has 25 heavy (non-hydrogen) atoms. The molecule has 0 spiro atoms. The van der Waals surface area contributed by atoms with Gasteiger partial charge >= 0.3 is 0 Å². The Bertz CT molecular complexity index is 810. The van der Waals surface area contributed by atoms with E-state index in [9.17, 15) is 9.59 Å². The van der Waals surface area contributed by atoms with E-state index in [1.165, 1.54) is 0 Å². The minimum atomic E-state index is -0.486. The lowest BCUT2D eigenvalue weighted by atomic mass is 10.00. The molecule has 0 saturated carbocycles. The summed E-state index contributed by atoms with van der Waals surface area (Å²) in [6, 6.07) is 1.43. The normalized spacial score (nSPS) is 20.9. The lowest BCUT2D eigenvalue weighted by Crippen LogP contribution is -2.51. The SMILES string of the molecule is CC[C@H](C(=O)NCC1CCCO1)N1Cc2ccnc3[nH]cc(c23)C1=O. The monoisotopic (exact) mass is 342 g/mol. The van der Waals surface area contributed by atoms with Crippen LogP contribution in [0, 0.1) is 0 Å². The molecule has 4 rings (SSSR count). The van der Waals surface area contributed by atoms with E-state index in [-0.39, 0.29) is 17.9 Å². The van der Waals surface area contributed by atoms with Gasteiger partial charge < -0.3 is 19.9 Å². The number of H-pyrrole nitrogens is 1. The van der Waals surface area contributed by atoms with Gasteiger partial charge in [-0.3, -0.25) is 9.59 Å². The van der Waals surface area contributed by atoms with Crippen molar-refractivity contribution in [3.05, 3.63) is 29.6 Å². The minimum absolute atomic E-state index is 0.0922. The predicted molar refractivity (Wildman–Crippen MR) is 92.0 cm³/mol. The van der Waals surface area contributed by atoms with Crippen molar-refractivity contribution in [1.29, 1.82) is 0 Å². The third kappa shape index (κ3) is 2.78. The summed E-state index contributed by atoms with van der Waals surface area (Å²) in [4.78, 5) is 34.6. The second kappa shape index (κ2) is 6.48. The van der Waals surface area contributed by atoms with Gasteiger partial charge in [-0.25, -0.2) is 4.98 Å². The summed E-state index contributed by atoms with van der Waals surface area (Å²) in [6.45, 7) is 3.62. The van der Waals surface area contributed by atoms with Gasteiger partial charge in [0.1, 0.15) is 11.7 Å². The number of carbonyl (C=O) groups is 2. The molecule has 7 heteroatoms. The highest BCUT2D eigenvalue weighted by atomic mass is 16.5. The molecule has 2 aromatic rings. The van der Waals surface area contributed by atoms with E-state index in [4.69, 9.17) is 4.74 Å². The molecule has 2 atom stereocenters.